The third kappa shape index (κ3) is 3.15. The van der Waals surface area contributed by atoms with Crippen LogP contribution >= 0.6 is 0 Å². The Bertz CT molecular complexity index is 739. The summed E-state index contributed by atoms with van der Waals surface area (Å²) in [5.74, 6) is -0.195. The van der Waals surface area contributed by atoms with Crippen molar-refractivity contribution in [3.05, 3.63) is 53.7 Å². The molecule has 2 aromatic rings. The maximum atomic E-state index is 12.6. The van der Waals surface area contributed by atoms with E-state index in [0.717, 1.165) is 25.9 Å². The van der Waals surface area contributed by atoms with E-state index in [1.165, 1.54) is 0 Å². The van der Waals surface area contributed by atoms with Gasteiger partial charge in [0.1, 0.15) is 5.82 Å². The lowest BCUT2D eigenvalue weighted by atomic mass is 10.1. The topological polar surface area (TPSA) is 88.3 Å². The van der Waals surface area contributed by atoms with Gasteiger partial charge in [0.05, 0.1) is 16.8 Å². The summed E-state index contributed by atoms with van der Waals surface area (Å²) in [4.78, 5) is 30.6. The van der Waals surface area contributed by atoms with E-state index in [2.05, 4.69) is 15.2 Å². The van der Waals surface area contributed by atoms with Crippen LogP contribution in [0.4, 0.5) is 11.5 Å². The molecule has 1 aromatic carbocycles. The molecule has 0 radical (unpaired) electrons. The molecule has 0 saturated carbocycles. The molecule has 0 spiro atoms. The summed E-state index contributed by atoms with van der Waals surface area (Å²) >= 11 is 0. The molecule has 1 aromatic heterocycles. The van der Waals surface area contributed by atoms with Crippen LogP contribution < -0.4 is 16.0 Å². The van der Waals surface area contributed by atoms with E-state index >= 15 is 0 Å². The van der Waals surface area contributed by atoms with Crippen molar-refractivity contribution < 1.29 is 9.59 Å². The lowest BCUT2D eigenvalue weighted by molar-refractivity contribution is 0.100. The predicted molar refractivity (Wildman–Crippen MR) is 88.6 cm³/mol. The zero-order valence-corrected chi connectivity index (χ0v) is 12.7. The van der Waals surface area contributed by atoms with Crippen LogP contribution in [0, 0.1) is 0 Å². The van der Waals surface area contributed by atoms with Crippen LogP contribution in [0.3, 0.4) is 0 Å². The Hall–Kier alpha value is -2.89. The molecule has 6 nitrogen and oxygen atoms in total. The molecule has 1 fully saturated rings. The van der Waals surface area contributed by atoms with E-state index in [-0.39, 0.29) is 11.5 Å². The molecule has 0 bridgehead atoms. The summed E-state index contributed by atoms with van der Waals surface area (Å²) < 4.78 is 0. The SMILES string of the molecule is NC(=O)c1ccccc1NC(=O)c1cccnc1N1CCCC1. The Balaban J connectivity index is 1.89. The molecule has 3 N–H and O–H groups in total. The lowest BCUT2D eigenvalue weighted by Gasteiger charge is -2.19. The summed E-state index contributed by atoms with van der Waals surface area (Å²) in [5, 5.41) is 2.77. The van der Waals surface area contributed by atoms with E-state index in [9.17, 15) is 9.59 Å². The maximum Gasteiger partial charge on any atom is 0.259 e. The molecule has 2 heterocycles. The number of anilines is 2. The van der Waals surface area contributed by atoms with Crippen molar-refractivity contribution in [1.29, 1.82) is 0 Å². The third-order valence-electron chi connectivity index (χ3n) is 3.88. The third-order valence-corrected chi connectivity index (χ3v) is 3.88. The molecule has 1 aliphatic heterocycles. The highest BCUT2D eigenvalue weighted by molar-refractivity contribution is 6.10. The van der Waals surface area contributed by atoms with Gasteiger partial charge in [0.15, 0.2) is 0 Å². The van der Waals surface area contributed by atoms with E-state index in [1.54, 1.807) is 42.6 Å². The quantitative estimate of drug-likeness (QED) is 0.904. The smallest absolute Gasteiger partial charge is 0.259 e. The van der Waals surface area contributed by atoms with E-state index in [0.29, 0.717) is 17.1 Å². The van der Waals surface area contributed by atoms with Crippen LogP contribution in [0.15, 0.2) is 42.6 Å². The van der Waals surface area contributed by atoms with Crippen molar-refractivity contribution in [2.24, 2.45) is 5.73 Å². The van der Waals surface area contributed by atoms with Gasteiger partial charge in [0, 0.05) is 19.3 Å². The number of nitrogens with two attached hydrogens (primary N) is 1. The minimum atomic E-state index is -0.577. The Kier molecular flexibility index (Phi) is 4.23. The fraction of sp³-hybridized carbons (Fsp3) is 0.235. The molecular weight excluding hydrogens is 292 g/mol. The fourth-order valence-electron chi connectivity index (χ4n) is 2.75. The maximum absolute atomic E-state index is 12.6. The number of carbonyl (C=O) groups is 2. The normalized spacial score (nSPS) is 13.8. The van der Waals surface area contributed by atoms with Crippen molar-refractivity contribution in [1.82, 2.24) is 4.98 Å². The first kappa shape index (κ1) is 15.0. The van der Waals surface area contributed by atoms with Crippen molar-refractivity contribution >= 4 is 23.3 Å². The largest absolute Gasteiger partial charge is 0.366 e. The van der Waals surface area contributed by atoms with E-state index < -0.39 is 5.91 Å². The van der Waals surface area contributed by atoms with Gasteiger partial charge in [-0.2, -0.15) is 0 Å². The standard InChI is InChI=1S/C17H18N4O2/c18-15(22)12-6-1-2-8-14(12)20-17(23)13-7-5-9-19-16(13)21-10-3-4-11-21/h1-2,5-9H,3-4,10-11H2,(H2,18,22)(H,20,23). The number of amides is 2. The molecule has 0 atom stereocenters. The second-order valence-electron chi connectivity index (χ2n) is 5.43. The lowest BCUT2D eigenvalue weighted by Crippen LogP contribution is -2.24. The first-order valence-corrected chi connectivity index (χ1v) is 7.57. The van der Waals surface area contributed by atoms with Gasteiger partial charge in [-0.3, -0.25) is 9.59 Å². The molecular formula is C17H18N4O2. The Labute approximate surface area is 134 Å². The van der Waals surface area contributed by atoms with Gasteiger partial charge < -0.3 is 16.0 Å². The highest BCUT2D eigenvalue weighted by Gasteiger charge is 2.21. The summed E-state index contributed by atoms with van der Waals surface area (Å²) in [7, 11) is 0. The van der Waals surface area contributed by atoms with Gasteiger partial charge >= 0.3 is 0 Å². The van der Waals surface area contributed by atoms with E-state index in [1.807, 2.05) is 0 Å². The molecule has 2 amide bonds. The summed E-state index contributed by atoms with van der Waals surface area (Å²) in [6.07, 6.45) is 3.88. The molecule has 1 aliphatic rings. The van der Waals surface area contributed by atoms with Gasteiger partial charge in [-0.25, -0.2) is 4.98 Å². The van der Waals surface area contributed by atoms with Crippen molar-refractivity contribution in [2.45, 2.75) is 12.8 Å². The number of aromatic nitrogens is 1. The number of benzene rings is 1. The summed E-state index contributed by atoms with van der Waals surface area (Å²) in [6.45, 7) is 1.80. The molecule has 118 valence electrons. The minimum absolute atomic E-state index is 0.285. The highest BCUT2D eigenvalue weighted by atomic mass is 16.2. The van der Waals surface area contributed by atoms with Crippen LogP contribution in [-0.4, -0.2) is 29.9 Å². The average Bonchev–Trinajstić information content (AvgIpc) is 3.09. The first-order valence-electron chi connectivity index (χ1n) is 7.57. The number of primary amides is 1. The second kappa shape index (κ2) is 6.48. The number of hydrogen-bond donors (Lipinski definition) is 2. The number of nitrogens with one attached hydrogen (secondary N) is 1. The monoisotopic (exact) mass is 310 g/mol. The van der Waals surface area contributed by atoms with Gasteiger partial charge in [-0.1, -0.05) is 12.1 Å². The predicted octanol–water partition coefficient (Wildman–Crippen LogP) is 2.03. The van der Waals surface area contributed by atoms with Crippen LogP contribution in [-0.2, 0) is 0 Å². The molecule has 1 saturated heterocycles. The van der Waals surface area contributed by atoms with Crippen LogP contribution in [0.2, 0.25) is 0 Å². The van der Waals surface area contributed by atoms with Crippen LogP contribution in [0.5, 0.6) is 0 Å². The highest BCUT2D eigenvalue weighted by Crippen LogP contribution is 2.23. The molecule has 6 heteroatoms. The summed E-state index contributed by atoms with van der Waals surface area (Å²) in [6, 6.07) is 10.2. The van der Waals surface area contributed by atoms with Crippen LogP contribution in [0.1, 0.15) is 33.6 Å². The van der Waals surface area contributed by atoms with Gasteiger partial charge in [0.25, 0.3) is 11.8 Å². The van der Waals surface area contributed by atoms with Gasteiger partial charge in [0.2, 0.25) is 0 Å². The molecule has 0 unspecified atom stereocenters. The zero-order chi connectivity index (χ0) is 16.2. The molecule has 23 heavy (non-hydrogen) atoms. The minimum Gasteiger partial charge on any atom is -0.366 e. The summed E-state index contributed by atoms with van der Waals surface area (Å²) in [5.41, 5.74) is 6.53. The molecule has 0 aliphatic carbocycles. The van der Waals surface area contributed by atoms with Crippen molar-refractivity contribution in [3.63, 3.8) is 0 Å². The number of nitrogens with zero attached hydrogens (tertiary/aromatic N) is 2. The Morgan fingerprint density at radius 2 is 1.74 bits per heavy atom. The van der Waals surface area contributed by atoms with Crippen molar-refractivity contribution in [3.8, 4) is 0 Å². The number of carbonyl (C=O) groups excluding carboxylic acids is 2. The average molecular weight is 310 g/mol. The number of para-hydroxylation sites is 1. The number of rotatable bonds is 4. The first-order chi connectivity index (χ1) is 11.2. The van der Waals surface area contributed by atoms with Gasteiger partial charge in [-0.05, 0) is 37.1 Å². The Morgan fingerprint density at radius 3 is 2.48 bits per heavy atom. The second-order valence-corrected chi connectivity index (χ2v) is 5.43. The van der Waals surface area contributed by atoms with Crippen LogP contribution in [0.25, 0.3) is 0 Å². The molecule has 3 rings (SSSR count). The Morgan fingerprint density at radius 1 is 1.04 bits per heavy atom. The fourth-order valence-corrected chi connectivity index (χ4v) is 2.75. The van der Waals surface area contributed by atoms with Gasteiger partial charge in [-0.15, -0.1) is 0 Å². The van der Waals surface area contributed by atoms with E-state index in [4.69, 9.17) is 5.73 Å². The number of pyridine rings is 1. The zero-order valence-electron chi connectivity index (χ0n) is 12.7. The van der Waals surface area contributed by atoms with Crippen molar-refractivity contribution in [2.75, 3.05) is 23.3 Å². The number of hydrogen-bond acceptors (Lipinski definition) is 4.